The Balaban J connectivity index is 1.77. The third kappa shape index (κ3) is 4.38. The fraction of sp³-hybridized carbons (Fsp3) is 0.250. The van der Waals surface area contributed by atoms with Gasteiger partial charge in [-0.2, -0.15) is 5.26 Å². The molecule has 1 aromatic carbocycles. The number of amides is 1. The van der Waals surface area contributed by atoms with E-state index in [1.54, 1.807) is 30.5 Å². The van der Waals surface area contributed by atoms with Gasteiger partial charge >= 0.3 is 0 Å². The van der Waals surface area contributed by atoms with E-state index in [9.17, 15) is 14.9 Å². The van der Waals surface area contributed by atoms with Gasteiger partial charge in [0.05, 0.1) is 5.56 Å². The maximum atomic E-state index is 13.3. The summed E-state index contributed by atoms with van der Waals surface area (Å²) in [6.07, 6.45) is 2.99. The van der Waals surface area contributed by atoms with Gasteiger partial charge in [0.15, 0.2) is 0 Å². The van der Waals surface area contributed by atoms with Crippen LogP contribution in [0.1, 0.15) is 11.1 Å². The average Bonchev–Trinajstić information content (AvgIpc) is 2.80. The second kappa shape index (κ2) is 9.04. The van der Waals surface area contributed by atoms with Crippen molar-refractivity contribution in [3.8, 4) is 6.07 Å². The molecule has 162 valence electrons. The van der Waals surface area contributed by atoms with Crippen LogP contribution in [0.25, 0.3) is 11.7 Å². The number of hydrogen-bond donors (Lipinski definition) is 1. The van der Waals surface area contributed by atoms with Crippen molar-refractivity contribution in [2.45, 2.75) is 6.92 Å². The Morgan fingerprint density at radius 3 is 2.53 bits per heavy atom. The van der Waals surface area contributed by atoms with Crippen molar-refractivity contribution in [1.82, 2.24) is 14.3 Å². The number of rotatable bonds is 4. The van der Waals surface area contributed by atoms with E-state index >= 15 is 0 Å². The highest BCUT2D eigenvalue weighted by molar-refractivity contribution is 6.10. The first-order valence-electron chi connectivity index (χ1n) is 10.4. The lowest BCUT2D eigenvalue weighted by Gasteiger charge is -2.34. The summed E-state index contributed by atoms with van der Waals surface area (Å²) in [5, 5.41) is 12.4. The largest absolute Gasteiger partial charge is 0.353 e. The first-order chi connectivity index (χ1) is 15.5. The number of aryl methyl sites for hydroxylation is 1. The van der Waals surface area contributed by atoms with Crippen LogP contribution in [0.2, 0.25) is 0 Å². The number of nitrogens with zero attached hydrogens (tertiary/aromatic N) is 5. The lowest BCUT2D eigenvalue weighted by molar-refractivity contribution is -0.112. The molecular formula is C24H24N6O2. The number of nitrogens with one attached hydrogen (secondary N) is 1. The number of benzene rings is 1. The zero-order chi connectivity index (χ0) is 22.7. The predicted octanol–water partition coefficient (Wildman–Crippen LogP) is 2.30. The molecule has 3 aromatic rings. The summed E-state index contributed by atoms with van der Waals surface area (Å²) in [6.45, 7) is 5.01. The van der Waals surface area contributed by atoms with E-state index in [1.165, 1.54) is 10.5 Å². The van der Waals surface area contributed by atoms with Crippen LogP contribution in [0.15, 0.2) is 59.0 Å². The monoisotopic (exact) mass is 428 g/mol. The van der Waals surface area contributed by atoms with Gasteiger partial charge in [0.1, 0.15) is 23.1 Å². The molecule has 3 heterocycles. The molecule has 0 unspecified atom stereocenters. The maximum absolute atomic E-state index is 13.3. The van der Waals surface area contributed by atoms with Crippen LogP contribution >= 0.6 is 0 Å². The minimum Gasteiger partial charge on any atom is -0.353 e. The van der Waals surface area contributed by atoms with Crippen LogP contribution in [-0.4, -0.2) is 53.4 Å². The molecule has 1 aliphatic rings. The zero-order valence-electron chi connectivity index (χ0n) is 18.1. The van der Waals surface area contributed by atoms with Crippen LogP contribution < -0.4 is 15.8 Å². The van der Waals surface area contributed by atoms with Crippen molar-refractivity contribution < 1.29 is 4.79 Å². The number of aromatic nitrogens is 2. The molecular weight excluding hydrogens is 404 g/mol. The quantitative estimate of drug-likeness (QED) is 0.506. The molecule has 0 spiro atoms. The van der Waals surface area contributed by atoms with Crippen LogP contribution in [-0.2, 0) is 4.79 Å². The Bertz CT molecular complexity index is 1280. The number of likely N-dealkylation sites (N-methyl/N-ethyl adjacent to an activating group) is 1. The van der Waals surface area contributed by atoms with Crippen molar-refractivity contribution in [3.63, 3.8) is 0 Å². The molecule has 0 bridgehead atoms. The second-order valence-corrected chi connectivity index (χ2v) is 7.86. The molecule has 0 saturated carbocycles. The highest BCUT2D eigenvalue weighted by atomic mass is 16.1. The van der Waals surface area contributed by atoms with Gasteiger partial charge in [-0.1, -0.05) is 23.8 Å². The average molecular weight is 428 g/mol. The Morgan fingerprint density at radius 1 is 1.12 bits per heavy atom. The summed E-state index contributed by atoms with van der Waals surface area (Å²) >= 11 is 0. The van der Waals surface area contributed by atoms with E-state index in [0.29, 0.717) is 30.2 Å². The topological polar surface area (TPSA) is 93.7 Å². The summed E-state index contributed by atoms with van der Waals surface area (Å²) in [5.41, 5.74) is 1.91. The zero-order valence-corrected chi connectivity index (χ0v) is 18.1. The fourth-order valence-corrected chi connectivity index (χ4v) is 3.60. The summed E-state index contributed by atoms with van der Waals surface area (Å²) in [5.74, 6) is -0.0802. The van der Waals surface area contributed by atoms with Crippen LogP contribution in [0.4, 0.5) is 11.5 Å². The second-order valence-electron chi connectivity index (χ2n) is 7.86. The van der Waals surface area contributed by atoms with Gasteiger partial charge in [-0.3, -0.25) is 14.0 Å². The summed E-state index contributed by atoms with van der Waals surface area (Å²) < 4.78 is 1.43. The molecule has 8 heteroatoms. The Hall–Kier alpha value is -3.96. The minimum atomic E-state index is -0.571. The van der Waals surface area contributed by atoms with Gasteiger partial charge in [-0.05, 0) is 44.3 Å². The van der Waals surface area contributed by atoms with Gasteiger partial charge < -0.3 is 15.1 Å². The molecule has 1 N–H and O–H groups in total. The lowest BCUT2D eigenvalue weighted by Crippen LogP contribution is -2.45. The molecule has 0 atom stereocenters. The van der Waals surface area contributed by atoms with Crippen molar-refractivity contribution in [2.75, 3.05) is 43.4 Å². The highest BCUT2D eigenvalue weighted by Gasteiger charge is 2.22. The number of pyridine rings is 1. The molecule has 4 rings (SSSR count). The molecule has 1 aliphatic heterocycles. The van der Waals surface area contributed by atoms with Crippen molar-refractivity contribution in [1.29, 1.82) is 5.26 Å². The number of nitriles is 1. The molecule has 2 aromatic heterocycles. The number of piperazine rings is 1. The van der Waals surface area contributed by atoms with Gasteiger partial charge in [0.2, 0.25) is 0 Å². The number of anilines is 2. The standard InChI is InChI=1S/C24H24N6O2/c1-17-6-8-19(9-7-17)26-23(31)18(16-25)15-20-22(29-13-11-28(2)12-14-29)27-21-5-3-4-10-30(21)24(20)32/h3-10,15H,11-14H2,1-2H3,(H,26,31). The minimum absolute atomic E-state index is 0.157. The SMILES string of the molecule is Cc1ccc(NC(=O)C(C#N)=Cc2c(N3CCN(C)CC3)nc3ccccn3c2=O)cc1. The molecule has 0 aliphatic carbocycles. The number of carbonyl (C=O) groups is 1. The predicted molar refractivity (Wildman–Crippen MR) is 125 cm³/mol. The maximum Gasteiger partial charge on any atom is 0.267 e. The van der Waals surface area contributed by atoms with E-state index in [4.69, 9.17) is 4.98 Å². The van der Waals surface area contributed by atoms with E-state index in [2.05, 4.69) is 10.2 Å². The van der Waals surface area contributed by atoms with Crippen molar-refractivity contribution in [2.24, 2.45) is 0 Å². The summed E-state index contributed by atoms with van der Waals surface area (Å²) in [7, 11) is 2.05. The molecule has 32 heavy (non-hydrogen) atoms. The van der Waals surface area contributed by atoms with E-state index in [0.717, 1.165) is 18.7 Å². The molecule has 1 fully saturated rings. The van der Waals surface area contributed by atoms with Crippen molar-refractivity contribution in [3.05, 3.63) is 75.7 Å². The Morgan fingerprint density at radius 2 is 1.84 bits per heavy atom. The van der Waals surface area contributed by atoms with Gasteiger partial charge in [0, 0.05) is 38.1 Å². The molecule has 1 saturated heterocycles. The molecule has 8 nitrogen and oxygen atoms in total. The Kier molecular flexibility index (Phi) is 6.01. The van der Waals surface area contributed by atoms with Gasteiger partial charge in [0.25, 0.3) is 11.5 Å². The Labute approximate surface area is 186 Å². The number of hydrogen-bond acceptors (Lipinski definition) is 6. The van der Waals surface area contributed by atoms with Crippen LogP contribution in [0.5, 0.6) is 0 Å². The number of carbonyl (C=O) groups excluding carboxylic acids is 1. The third-order valence-corrected chi connectivity index (χ3v) is 5.51. The number of fused-ring (bicyclic) bond motifs is 1. The summed E-state index contributed by atoms with van der Waals surface area (Å²) in [6, 6.07) is 14.6. The molecule has 0 radical (unpaired) electrons. The third-order valence-electron chi connectivity index (χ3n) is 5.51. The van der Waals surface area contributed by atoms with E-state index < -0.39 is 5.91 Å². The van der Waals surface area contributed by atoms with Crippen LogP contribution in [0.3, 0.4) is 0 Å². The normalized spacial score (nSPS) is 14.9. The van der Waals surface area contributed by atoms with Gasteiger partial charge in [-0.15, -0.1) is 0 Å². The molecule has 1 amide bonds. The smallest absolute Gasteiger partial charge is 0.267 e. The first-order valence-corrected chi connectivity index (χ1v) is 10.4. The lowest BCUT2D eigenvalue weighted by atomic mass is 10.1. The van der Waals surface area contributed by atoms with E-state index in [1.807, 2.05) is 43.1 Å². The highest BCUT2D eigenvalue weighted by Crippen LogP contribution is 2.21. The summed E-state index contributed by atoms with van der Waals surface area (Å²) in [4.78, 5) is 35.1. The van der Waals surface area contributed by atoms with Crippen molar-refractivity contribution >= 4 is 29.1 Å². The fourth-order valence-electron chi connectivity index (χ4n) is 3.60. The first kappa shape index (κ1) is 21.3. The van der Waals surface area contributed by atoms with E-state index in [-0.39, 0.29) is 16.7 Å². The van der Waals surface area contributed by atoms with Gasteiger partial charge in [-0.25, -0.2) is 4.98 Å². The van der Waals surface area contributed by atoms with Crippen LogP contribution in [0, 0.1) is 18.3 Å².